The minimum atomic E-state index is -6.30. The first kappa shape index (κ1) is 13.8. The van der Waals surface area contributed by atoms with Gasteiger partial charge in [0.05, 0.1) is 0 Å². The van der Waals surface area contributed by atoms with Crippen LogP contribution >= 0.6 is 27.9 Å². The molecule has 0 bridgehead atoms. The molecule has 1 unspecified atom stereocenters. The SMILES string of the molecule is O=C(OBr)C(F)(Cl)C(F)(F)C(F)(F)F. The summed E-state index contributed by atoms with van der Waals surface area (Å²) in [6.07, 6.45) is -6.30. The zero-order valence-corrected chi connectivity index (χ0v) is 8.18. The highest BCUT2D eigenvalue weighted by molar-refractivity contribution is 9.06. The van der Waals surface area contributed by atoms with E-state index < -0.39 is 23.2 Å². The molecule has 0 fully saturated rings. The third-order valence-electron chi connectivity index (χ3n) is 1.08. The van der Waals surface area contributed by atoms with E-state index in [1.165, 1.54) is 0 Å². The van der Waals surface area contributed by atoms with Crippen molar-refractivity contribution in [2.24, 2.45) is 0 Å². The average Bonchev–Trinajstić information content (AvgIpc) is 2.00. The summed E-state index contributed by atoms with van der Waals surface area (Å²) < 4.78 is 74.7. The number of carbonyl (C=O) groups excluding carboxylic acids is 1. The van der Waals surface area contributed by atoms with Crippen molar-refractivity contribution in [1.29, 1.82) is 0 Å². The predicted octanol–water partition coefficient (Wildman–Crippen LogP) is 2.94. The molecule has 0 heterocycles. The number of hydrogen-bond donors (Lipinski definition) is 0. The highest BCUT2D eigenvalue weighted by Gasteiger charge is 2.75. The lowest BCUT2D eigenvalue weighted by molar-refractivity contribution is -0.308. The van der Waals surface area contributed by atoms with Crippen LogP contribution < -0.4 is 0 Å². The maximum absolute atomic E-state index is 12.5. The molecule has 0 aliphatic carbocycles. The van der Waals surface area contributed by atoms with Gasteiger partial charge in [-0.05, 0) is 0 Å². The van der Waals surface area contributed by atoms with E-state index in [1.54, 1.807) is 16.3 Å². The molecular formula is C4BrClF6O2. The summed E-state index contributed by atoms with van der Waals surface area (Å²) in [6, 6.07) is 0. The van der Waals surface area contributed by atoms with Crippen LogP contribution in [0.3, 0.4) is 0 Å². The maximum atomic E-state index is 12.5. The second kappa shape index (κ2) is 3.76. The molecule has 0 amide bonds. The molecule has 0 radical (unpaired) electrons. The van der Waals surface area contributed by atoms with Gasteiger partial charge in [0.25, 0.3) is 0 Å². The minimum Gasteiger partial charge on any atom is -0.380 e. The lowest BCUT2D eigenvalue weighted by Gasteiger charge is -2.26. The van der Waals surface area contributed by atoms with E-state index in [-0.39, 0.29) is 0 Å². The minimum absolute atomic E-state index is 1.74. The number of halogens is 8. The molecule has 0 aromatic heterocycles. The van der Waals surface area contributed by atoms with Gasteiger partial charge in [-0.3, -0.25) is 0 Å². The molecule has 0 aromatic rings. The molecule has 0 spiro atoms. The summed E-state index contributed by atoms with van der Waals surface area (Å²) in [5.41, 5.74) is 0. The second-order valence-electron chi connectivity index (χ2n) is 2.01. The molecule has 0 aliphatic heterocycles. The molecular weight excluding hydrogens is 309 g/mol. The van der Waals surface area contributed by atoms with E-state index in [0.29, 0.717) is 0 Å². The predicted molar refractivity (Wildman–Crippen MR) is 35.7 cm³/mol. The number of carbonyl (C=O) groups is 1. The molecule has 0 aliphatic rings. The fourth-order valence-corrected chi connectivity index (χ4v) is 0.817. The van der Waals surface area contributed by atoms with Gasteiger partial charge in [0.15, 0.2) is 16.3 Å². The van der Waals surface area contributed by atoms with Crippen LogP contribution in [-0.4, -0.2) is 23.2 Å². The van der Waals surface area contributed by atoms with Crippen molar-refractivity contribution in [3.8, 4) is 0 Å². The number of hydrogen-bond acceptors (Lipinski definition) is 2. The zero-order chi connectivity index (χ0) is 11.8. The Morgan fingerprint density at radius 3 is 1.71 bits per heavy atom. The van der Waals surface area contributed by atoms with Crippen molar-refractivity contribution in [2.45, 2.75) is 17.2 Å². The van der Waals surface area contributed by atoms with Crippen LogP contribution in [0.15, 0.2) is 0 Å². The molecule has 14 heavy (non-hydrogen) atoms. The topological polar surface area (TPSA) is 26.3 Å². The Labute approximate surface area is 86.6 Å². The van der Waals surface area contributed by atoms with Crippen LogP contribution in [0.2, 0.25) is 0 Å². The quantitative estimate of drug-likeness (QED) is 0.579. The van der Waals surface area contributed by atoms with E-state index in [4.69, 9.17) is 0 Å². The van der Waals surface area contributed by atoms with Crippen molar-refractivity contribution in [3.05, 3.63) is 0 Å². The van der Waals surface area contributed by atoms with Crippen molar-refractivity contribution in [2.75, 3.05) is 0 Å². The maximum Gasteiger partial charge on any atom is 0.458 e. The van der Waals surface area contributed by atoms with Crippen LogP contribution in [0.4, 0.5) is 26.3 Å². The molecule has 0 rings (SSSR count). The molecule has 0 saturated heterocycles. The lowest BCUT2D eigenvalue weighted by atomic mass is 10.2. The molecule has 2 nitrogen and oxygen atoms in total. The van der Waals surface area contributed by atoms with Crippen LogP contribution in [0.5, 0.6) is 0 Å². The molecule has 10 heteroatoms. The van der Waals surface area contributed by atoms with Crippen LogP contribution in [0.1, 0.15) is 0 Å². The number of alkyl halides is 7. The normalized spacial score (nSPS) is 17.4. The Morgan fingerprint density at radius 1 is 1.14 bits per heavy atom. The summed E-state index contributed by atoms with van der Waals surface area (Å²) in [4.78, 5) is 10.2. The number of rotatable bonds is 2. The van der Waals surface area contributed by atoms with Crippen LogP contribution in [-0.2, 0) is 8.62 Å². The van der Waals surface area contributed by atoms with Gasteiger partial charge in [-0.2, -0.15) is 22.0 Å². The third-order valence-corrected chi connectivity index (χ3v) is 1.76. The molecule has 0 saturated carbocycles. The van der Waals surface area contributed by atoms with Gasteiger partial charge in [0, 0.05) is 0 Å². The summed E-state index contributed by atoms with van der Waals surface area (Å²) in [5.74, 6) is -8.65. The standard InChI is InChI=1S/C4BrClF6O2/c5-14-1(13)2(6,7)3(8,9)4(10,11)12. The Kier molecular flexibility index (Phi) is 3.71. The van der Waals surface area contributed by atoms with Crippen molar-refractivity contribution in [1.82, 2.24) is 0 Å². The first-order chi connectivity index (χ1) is 5.98. The van der Waals surface area contributed by atoms with Gasteiger partial charge >= 0.3 is 23.2 Å². The molecule has 84 valence electrons. The molecule has 0 N–H and O–H groups in total. The first-order valence-corrected chi connectivity index (χ1v) is 3.66. The van der Waals surface area contributed by atoms with E-state index in [2.05, 4.69) is 15.4 Å². The Balaban J connectivity index is 5.18. The average molecular weight is 309 g/mol. The fourth-order valence-electron chi connectivity index (χ4n) is 0.355. The van der Waals surface area contributed by atoms with Gasteiger partial charge < -0.3 is 3.83 Å². The van der Waals surface area contributed by atoms with Crippen molar-refractivity contribution in [3.63, 3.8) is 0 Å². The largest absolute Gasteiger partial charge is 0.458 e. The van der Waals surface area contributed by atoms with E-state index in [0.717, 1.165) is 0 Å². The highest BCUT2D eigenvalue weighted by atomic mass is 79.9. The summed E-state index contributed by atoms with van der Waals surface area (Å²) >= 11 is 5.86. The smallest absolute Gasteiger partial charge is 0.380 e. The van der Waals surface area contributed by atoms with Crippen molar-refractivity contribution >= 4 is 33.8 Å². The first-order valence-electron chi connectivity index (χ1n) is 2.64. The summed E-state index contributed by atoms with van der Waals surface area (Å²) in [5, 5.41) is -5.01. The Bertz CT molecular complexity index is 238. The lowest BCUT2D eigenvalue weighted by Crippen LogP contribution is -2.55. The van der Waals surface area contributed by atoms with Crippen LogP contribution in [0.25, 0.3) is 0 Å². The van der Waals surface area contributed by atoms with Gasteiger partial charge in [0.1, 0.15) is 0 Å². The summed E-state index contributed by atoms with van der Waals surface area (Å²) in [7, 11) is 0. The highest BCUT2D eigenvalue weighted by Crippen LogP contribution is 2.48. The Morgan fingerprint density at radius 2 is 1.50 bits per heavy atom. The van der Waals surface area contributed by atoms with Gasteiger partial charge in [-0.15, -0.1) is 0 Å². The van der Waals surface area contributed by atoms with Gasteiger partial charge in [-0.1, -0.05) is 11.6 Å². The summed E-state index contributed by atoms with van der Waals surface area (Å²) in [6.45, 7) is 0. The van der Waals surface area contributed by atoms with Gasteiger partial charge in [0.2, 0.25) is 0 Å². The monoisotopic (exact) mass is 308 g/mol. The van der Waals surface area contributed by atoms with E-state index in [9.17, 15) is 31.1 Å². The van der Waals surface area contributed by atoms with Crippen molar-refractivity contribution < 1.29 is 35.0 Å². The fraction of sp³-hybridized carbons (Fsp3) is 0.750. The van der Waals surface area contributed by atoms with Gasteiger partial charge in [-0.25, -0.2) is 9.18 Å². The molecule has 0 aromatic carbocycles. The second-order valence-corrected chi connectivity index (χ2v) is 2.86. The Hall–Kier alpha value is -0.180. The molecule has 1 atom stereocenters. The van der Waals surface area contributed by atoms with Crippen LogP contribution in [0, 0.1) is 0 Å². The van der Waals surface area contributed by atoms with E-state index >= 15 is 0 Å². The third kappa shape index (κ3) is 2.08. The zero-order valence-electron chi connectivity index (χ0n) is 5.84. The van der Waals surface area contributed by atoms with E-state index in [1.807, 2.05) is 0 Å².